The third-order valence-corrected chi connectivity index (χ3v) is 7.88. The molecular weight excluding hydrogens is 368 g/mol. The minimum Gasteiger partial charge on any atom is -0.484 e. The molecule has 2 aliphatic rings. The predicted molar refractivity (Wildman–Crippen MR) is 102 cm³/mol. The Morgan fingerprint density at radius 1 is 1.19 bits per heavy atom. The highest BCUT2D eigenvalue weighted by molar-refractivity contribution is 7.90. The third-order valence-electron chi connectivity index (χ3n) is 5.44. The molecule has 2 atom stereocenters. The standard InChI is InChI=1S/C19H28N2O5S/c1-15-3-5-17(6-4-15)26-14-19(22)20-9-7-16-13-21(11-12-25-2)27(23,24)18(16)8-10-20/h3-6,16,18H,7-14H2,1-2H3/t16-,18-/m1/s1. The maximum atomic E-state index is 12.7. The van der Waals surface area contributed by atoms with Crippen molar-refractivity contribution >= 4 is 15.9 Å². The molecule has 27 heavy (non-hydrogen) atoms. The lowest BCUT2D eigenvalue weighted by Gasteiger charge is -2.22. The Hall–Kier alpha value is -1.64. The van der Waals surface area contributed by atoms with Crippen molar-refractivity contribution in [2.24, 2.45) is 5.92 Å². The Morgan fingerprint density at radius 3 is 2.59 bits per heavy atom. The summed E-state index contributed by atoms with van der Waals surface area (Å²) in [6, 6.07) is 7.56. The summed E-state index contributed by atoms with van der Waals surface area (Å²) in [5.41, 5.74) is 1.13. The molecule has 0 unspecified atom stereocenters. The number of fused-ring (bicyclic) bond motifs is 1. The summed E-state index contributed by atoms with van der Waals surface area (Å²) in [5.74, 6) is 0.642. The van der Waals surface area contributed by atoms with Crippen LogP contribution in [0.1, 0.15) is 18.4 Å². The Balaban J connectivity index is 1.55. The first kappa shape index (κ1) is 20.1. The number of ether oxygens (including phenoxy) is 2. The molecule has 0 N–H and O–H groups in total. The molecule has 0 aliphatic carbocycles. The van der Waals surface area contributed by atoms with Gasteiger partial charge in [0.25, 0.3) is 5.91 Å². The molecule has 0 bridgehead atoms. The molecule has 2 fully saturated rings. The Morgan fingerprint density at radius 2 is 1.89 bits per heavy atom. The van der Waals surface area contributed by atoms with Crippen LogP contribution in [0.25, 0.3) is 0 Å². The van der Waals surface area contributed by atoms with E-state index < -0.39 is 15.3 Å². The number of carbonyl (C=O) groups excluding carboxylic acids is 1. The number of nitrogens with zero attached hydrogens (tertiary/aromatic N) is 2. The zero-order valence-electron chi connectivity index (χ0n) is 16.0. The first-order valence-corrected chi connectivity index (χ1v) is 10.9. The van der Waals surface area contributed by atoms with E-state index in [1.54, 1.807) is 16.3 Å². The SMILES string of the molecule is COCCN1C[C@H]2CCN(C(=O)COc3ccc(C)cc3)CC[C@H]2S1(=O)=O. The number of benzene rings is 1. The summed E-state index contributed by atoms with van der Waals surface area (Å²) in [6.07, 6.45) is 1.18. The van der Waals surface area contributed by atoms with Crippen LogP contribution >= 0.6 is 0 Å². The average molecular weight is 397 g/mol. The summed E-state index contributed by atoms with van der Waals surface area (Å²) in [5, 5.41) is -0.398. The van der Waals surface area contributed by atoms with Gasteiger partial charge in [0.15, 0.2) is 6.61 Å². The van der Waals surface area contributed by atoms with Gasteiger partial charge in [-0.15, -0.1) is 0 Å². The van der Waals surface area contributed by atoms with E-state index in [0.29, 0.717) is 51.4 Å². The molecule has 1 aromatic rings. The summed E-state index contributed by atoms with van der Waals surface area (Å²) < 4.78 is 37.6. The minimum atomic E-state index is -3.31. The fourth-order valence-electron chi connectivity index (χ4n) is 3.83. The number of aryl methyl sites for hydroxylation is 1. The Kier molecular flexibility index (Phi) is 6.39. The number of rotatable bonds is 6. The smallest absolute Gasteiger partial charge is 0.260 e. The highest BCUT2D eigenvalue weighted by Gasteiger charge is 2.46. The second-order valence-electron chi connectivity index (χ2n) is 7.25. The van der Waals surface area contributed by atoms with E-state index in [1.165, 1.54) is 0 Å². The Labute approximate surface area is 161 Å². The van der Waals surface area contributed by atoms with Crippen molar-refractivity contribution in [3.63, 3.8) is 0 Å². The van der Waals surface area contributed by atoms with E-state index in [9.17, 15) is 13.2 Å². The topological polar surface area (TPSA) is 76.2 Å². The molecule has 1 aromatic carbocycles. The summed E-state index contributed by atoms with van der Waals surface area (Å²) in [4.78, 5) is 14.2. The first-order chi connectivity index (χ1) is 12.9. The molecule has 0 saturated carbocycles. The molecule has 2 saturated heterocycles. The van der Waals surface area contributed by atoms with E-state index in [0.717, 1.165) is 5.56 Å². The van der Waals surface area contributed by atoms with Gasteiger partial charge in [0.1, 0.15) is 5.75 Å². The van der Waals surface area contributed by atoms with Crippen LogP contribution in [-0.4, -0.2) is 75.3 Å². The molecule has 0 radical (unpaired) electrons. The van der Waals surface area contributed by atoms with Crippen molar-refractivity contribution in [1.82, 2.24) is 9.21 Å². The summed E-state index contributed by atoms with van der Waals surface area (Å²) in [7, 11) is -1.74. The number of methoxy groups -OCH3 is 1. The molecular formula is C19H28N2O5S. The monoisotopic (exact) mass is 396 g/mol. The lowest BCUT2D eigenvalue weighted by atomic mass is 10.0. The van der Waals surface area contributed by atoms with Gasteiger partial charge in [-0.2, -0.15) is 4.31 Å². The molecule has 2 aliphatic heterocycles. The second kappa shape index (κ2) is 8.58. The molecule has 150 valence electrons. The normalized spacial score (nSPS) is 25.0. The fraction of sp³-hybridized carbons (Fsp3) is 0.632. The third kappa shape index (κ3) is 4.62. The summed E-state index contributed by atoms with van der Waals surface area (Å²) in [6.45, 7) is 4.33. The van der Waals surface area contributed by atoms with Crippen molar-refractivity contribution < 1.29 is 22.7 Å². The summed E-state index contributed by atoms with van der Waals surface area (Å²) >= 11 is 0. The average Bonchev–Trinajstić information content (AvgIpc) is 2.79. The van der Waals surface area contributed by atoms with Crippen molar-refractivity contribution in [2.75, 3.05) is 46.5 Å². The van der Waals surface area contributed by atoms with Crippen LogP contribution in [0.3, 0.4) is 0 Å². The second-order valence-corrected chi connectivity index (χ2v) is 9.41. The van der Waals surface area contributed by atoms with Crippen LogP contribution < -0.4 is 4.74 Å². The molecule has 2 heterocycles. The van der Waals surface area contributed by atoms with E-state index in [2.05, 4.69) is 0 Å². The number of amides is 1. The van der Waals surface area contributed by atoms with Crippen molar-refractivity contribution in [3.05, 3.63) is 29.8 Å². The van der Waals surface area contributed by atoms with Crippen molar-refractivity contribution in [1.29, 1.82) is 0 Å². The molecule has 0 aromatic heterocycles. The van der Waals surface area contributed by atoms with Crippen LogP contribution in [0.2, 0.25) is 0 Å². The maximum absolute atomic E-state index is 12.7. The van der Waals surface area contributed by atoms with Crippen LogP contribution in [0.15, 0.2) is 24.3 Å². The number of hydrogen-bond acceptors (Lipinski definition) is 5. The van der Waals surface area contributed by atoms with Gasteiger partial charge in [-0.1, -0.05) is 17.7 Å². The lowest BCUT2D eigenvalue weighted by molar-refractivity contribution is -0.133. The number of hydrogen-bond donors (Lipinski definition) is 0. The Bertz CT molecular complexity index is 750. The van der Waals surface area contributed by atoms with E-state index in [-0.39, 0.29) is 18.4 Å². The van der Waals surface area contributed by atoms with Crippen LogP contribution in [0.5, 0.6) is 5.75 Å². The zero-order chi connectivity index (χ0) is 19.4. The predicted octanol–water partition coefficient (Wildman–Crippen LogP) is 1.27. The van der Waals surface area contributed by atoms with Gasteiger partial charge in [0.05, 0.1) is 11.9 Å². The first-order valence-electron chi connectivity index (χ1n) is 9.37. The van der Waals surface area contributed by atoms with Gasteiger partial charge >= 0.3 is 0 Å². The highest BCUT2D eigenvalue weighted by atomic mass is 32.2. The minimum absolute atomic E-state index is 0.0227. The van der Waals surface area contributed by atoms with E-state index in [1.807, 2.05) is 31.2 Å². The van der Waals surface area contributed by atoms with Gasteiger partial charge in [-0.25, -0.2) is 8.42 Å². The largest absolute Gasteiger partial charge is 0.484 e. The van der Waals surface area contributed by atoms with Crippen molar-refractivity contribution in [2.45, 2.75) is 25.0 Å². The number of sulfonamides is 1. The number of carbonyl (C=O) groups is 1. The quantitative estimate of drug-likeness (QED) is 0.724. The zero-order valence-corrected chi connectivity index (χ0v) is 16.8. The molecule has 8 heteroatoms. The molecule has 0 spiro atoms. The van der Waals surface area contributed by atoms with Gasteiger partial charge < -0.3 is 14.4 Å². The fourth-order valence-corrected chi connectivity index (χ4v) is 6.05. The van der Waals surface area contributed by atoms with Gasteiger partial charge in [-0.05, 0) is 37.8 Å². The van der Waals surface area contributed by atoms with Crippen molar-refractivity contribution in [3.8, 4) is 5.75 Å². The molecule has 1 amide bonds. The lowest BCUT2D eigenvalue weighted by Crippen LogP contribution is -2.37. The van der Waals surface area contributed by atoms with Gasteiger partial charge in [0, 0.05) is 33.3 Å². The van der Waals surface area contributed by atoms with Gasteiger partial charge in [-0.3, -0.25) is 4.79 Å². The van der Waals surface area contributed by atoms with Crippen LogP contribution in [-0.2, 0) is 19.6 Å². The number of likely N-dealkylation sites (tertiary alicyclic amines) is 1. The molecule has 3 rings (SSSR count). The highest BCUT2D eigenvalue weighted by Crippen LogP contribution is 2.34. The maximum Gasteiger partial charge on any atom is 0.260 e. The van der Waals surface area contributed by atoms with E-state index in [4.69, 9.17) is 9.47 Å². The van der Waals surface area contributed by atoms with Crippen LogP contribution in [0, 0.1) is 12.8 Å². The van der Waals surface area contributed by atoms with Gasteiger partial charge in [0.2, 0.25) is 10.0 Å². The van der Waals surface area contributed by atoms with E-state index >= 15 is 0 Å². The molecule has 7 nitrogen and oxygen atoms in total. The van der Waals surface area contributed by atoms with Crippen LogP contribution in [0.4, 0.5) is 0 Å².